The fourth-order valence-electron chi connectivity index (χ4n) is 2.80. The van der Waals surface area contributed by atoms with Gasteiger partial charge in [-0.1, -0.05) is 23.1 Å². The topological polar surface area (TPSA) is 75.1 Å². The van der Waals surface area contributed by atoms with Gasteiger partial charge in [-0.05, 0) is 45.4 Å². The van der Waals surface area contributed by atoms with E-state index in [1.165, 1.54) is 0 Å². The number of nitrogens with one attached hydrogen (secondary N) is 1. The van der Waals surface area contributed by atoms with Gasteiger partial charge in [0.25, 0.3) is 0 Å². The minimum atomic E-state index is -0.725. The Kier molecular flexibility index (Phi) is 4.01. The normalized spacial score (nSPS) is 30.4. The van der Waals surface area contributed by atoms with Gasteiger partial charge in [-0.25, -0.2) is 0 Å². The van der Waals surface area contributed by atoms with Crippen LogP contribution in [0.2, 0.25) is 0 Å². The van der Waals surface area contributed by atoms with E-state index in [4.69, 9.17) is 0 Å². The monoisotopic (exact) mass is 313 g/mol. The van der Waals surface area contributed by atoms with Crippen molar-refractivity contribution in [1.82, 2.24) is 15.5 Å². The average Bonchev–Trinajstić information content (AvgIpc) is 3.11. The smallest absolute Gasteiger partial charge is 0.323 e. The van der Waals surface area contributed by atoms with Crippen LogP contribution in [0.4, 0.5) is 0 Å². The van der Waals surface area contributed by atoms with Crippen LogP contribution in [0.25, 0.3) is 0 Å². The highest BCUT2D eigenvalue weighted by molar-refractivity contribution is 8.01. The molecule has 0 spiro atoms. The summed E-state index contributed by atoms with van der Waals surface area (Å²) in [5, 5.41) is 22.5. The predicted octanol–water partition coefficient (Wildman–Crippen LogP) is 2.46. The summed E-state index contributed by atoms with van der Waals surface area (Å²) in [7, 11) is 0. The molecular formula is C13H19N3O2S2. The number of thioether (sulfide) groups is 1. The second-order valence-electron chi connectivity index (χ2n) is 5.73. The van der Waals surface area contributed by atoms with Crippen LogP contribution >= 0.6 is 23.1 Å². The third-order valence-corrected chi connectivity index (χ3v) is 6.14. The van der Waals surface area contributed by atoms with Crippen LogP contribution < -0.4 is 5.32 Å². The summed E-state index contributed by atoms with van der Waals surface area (Å²) in [6.07, 6.45) is 5.67. The van der Waals surface area contributed by atoms with Crippen molar-refractivity contribution < 1.29 is 9.90 Å². The van der Waals surface area contributed by atoms with E-state index >= 15 is 0 Å². The lowest BCUT2D eigenvalue weighted by molar-refractivity contribution is -0.146. The number of hydrogen-bond acceptors (Lipinski definition) is 6. The highest BCUT2D eigenvalue weighted by atomic mass is 32.2. The fourth-order valence-corrected chi connectivity index (χ4v) is 5.20. The Morgan fingerprint density at radius 2 is 2.25 bits per heavy atom. The Bertz CT molecular complexity index is 504. The maximum absolute atomic E-state index is 11.7. The first kappa shape index (κ1) is 14.3. The molecule has 0 saturated heterocycles. The van der Waals surface area contributed by atoms with Gasteiger partial charge < -0.3 is 5.11 Å². The van der Waals surface area contributed by atoms with Gasteiger partial charge in [0, 0.05) is 11.3 Å². The zero-order chi connectivity index (χ0) is 14.2. The van der Waals surface area contributed by atoms with Gasteiger partial charge in [0.1, 0.15) is 10.5 Å². The second-order valence-corrected chi connectivity index (χ2v) is 8.46. The minimum absolute atomic E-state index is 0.318. The molecule has 0 amide bonds. The van der Waals surface area contributed by atoms with E-state index in [1.54, 1.807) is 23.1 Å². The predicted molar refractivity (Wildman–Crippen MR) is 79.3 cm³/mol. The molecule has 0 radical (unpaired) electrons. The van der Waals surface area contributed by atoms with Gasteiger partial charge in [-0.15, -0.1) is 10.2 Å². The molecule has 2 N–H and O–H groups in total. The molecule has 110 valence electrons. The van der Waals surface area contributed by atoms with Crippen molar-refractivity contribution in [1.29, 1.82) is 0 Å². The van der Waals surface area contributed by atoms with Gasteiger partial charge in [0.15, 0.2) is 4.34 Å². The van der Waals surface area contributed by atoms with Crippen molar-refractivity contribution in [2.24, 2.45) is 0 Å². The van der Waals surface area contributed by atoms with E-state index in [2.05, 4.69) is 15.5 Å². The number of hydrogen-bond donors (Lipinski definition) is 2. The third kappa shape index (κ3) is 3.15. The number of aliphatic carboxylic acids is 1. The summed E-state index contributed by atoms with van der Waals surface area (Å²) in [6.45, 7) is 1.94. The molecule has 2 saturated carbocycles. The number of aromatic nitrogens is 2. The third-order valence-electron chi connectivity index (χ3n) is 3.95. The quantitative estimate of drug-likeness (QED) is 0.870. The summed E-state index contributed by atoms with van der Waals surface area (Å²) in [5.41, 5.74) is -0.725. The Hall–Kier alpha value is -0.660. The average molecular weight is 313 g/mol. The number of carbonyl (C=O) groups is 1. The van der Waals surface area contributed by atoms with E-state index in [-0.39, 0.29) is 0 Å². The molecule has 0 aromatic carbocycles. The zero-order valence-electron chi connectivity index (χ0n) is 11.5. The lowest BCUT2D eigenvalue weighted by Gasteiger charge is -2.38. The molecule has 2 fully saturated rings. The van der Waals surface area contributed by atoms with Crippen LogP contribution in [0.5, 0.6) is 0 Å². The molecule has 1 aromatic rings. The summed E-state index contributed by atoms with van der Waals surface area (Å²) in [6, 6.07) is 0.415. The number of aryl methyl sites for hydroxylation is 1. The van der Waals surface area contributed by atoms with Gasteiger partial charge in [-0.2, -0.15) is 0 Å². The highest BCUT2D eigenvalue weighted by Gasteiger charge is 2.46. The summed E-state index contributed by atoms with van der Waals surface area (Å²) < 4.78 is 0.958. The number of rotatable bonds is 5. The van der Waals surface area contributed by atoms with Crippen LogP contribution in [-0.4, -0.2) is 38.1 Å². The minimum Gasteiger partial charge on any atom is -0.480 e. The summed E-state index contributed by atoms with van der Waals surface area (Å²) in [5.74, 6) is -0.692. The van der Waals surface area contributed by atoms with Crippen molar-refractivity contribution in [2.75, 3.05) is 0 Å². The van der Waals surface area contributed by atoms with E-state index in [1.807, 2.05) is 6.92 Å². The molecule has 1 aromatic heterocycles. The van der Waals surface area contributed by atoms with Crippen molar-refractivity contribution in [3.8, 4) is 0 Å². The van der Waals surface area contributed by atoms with Crippen molar-refractivity contribution >= 4 is 29.1 Å². The zero-order valence-corrected chi connectivity index (χ0v) is 13.1. The first-order chi connectivity index (χ1) is 9.57. The molecular weight excluding hydrogens is 294 g/mol. The van der Waals surface area contributed by atoms with Crippen LogP contribution in [0, 0.1) is 6.92 Å². The molecule has 3 rings (SSSR count). The van der Waals surface area contributed by atoms with Crippen LogP contribution in [0.3, 0.4) is 0 Å². The highest BCUT2D eigenvalue weighted by Crippen LogP contribution is 2.40. The van der Waals surface area contributed by atoms with Crippen LogP contribution in [-0.2, 0) is 4.79 Å². The van der Waals surface area contributed by atoms with Crippen LogP contribution in [0.1, 0.15) is 43.5 Å². The van der Waals surface area contributed by atoms with Gasteiger partial charge in [0.05, 0.1) is 0 Å². The van der Waals surface area contributed by atoms with E-state index in [9.17, 15) is 9.90 Å². The van der Waals surface area contributed by atoms with E-state index in [0.717, 1.165) is 41.5 Å². The maximum atomic E-state index is 11.7. The Labute approximate surface area is 126 Å². The largest absolute Gasteiger partial charge is 0.480 e. The van der Waals surface area contributed by atoms with Gasteiger partial charge >= 0.3 is 5.97 Å². The first-order valence-electron chi connectivity index (χ1n) is 7.05. The number of carboxylic acid groups (broad SMARTS) is 1. The lowest BCUT2D eigenvalue weighted by Crippen LogP contribution is -2.56. The molecule has 1 heterocycles. The summed E-state index contributed by atoms with van der Waals surface area (Å²) in [4.78, 5) is 11.7. The Balaban J connectivity index is 1.68. The van der Waals surface area contributed by atoms with E-state index in [0.29, 0.717) is 17.7 Å². The lowest BCUT2D eigenvalue weighted by atomic mass is 9.81. The standard InChI is InChI=1S/C13H19N3O2S2/c1-8-15-16-12(19-8)20-10-3-2-6-13(7-10,11(17)18)14-9-4-5-9/h9-10,14H,2-7H2,1H3,(H,17,18). The Morgan fingerprint density at radius 3 is 2.85 bits per heavy atom. The first-order valence-corrected chi connectivity index (χ1v) is 8.75. The molecule has 0 bridgehead atoms. The van der Waals surface area contributed by atoms with E-state index < -0.39 is 11.5 Å². The van der Waals surface area contributed by atoms with Crippen LogP contribution in [0.15, 0.2) is 4.34 Å². The molecule has 2 aliphatic carbocycles. The molecule has 0 aliphatic heterocycles. The van der Waals surface area contributed by atoms with Gasteiger partial charge in [0.2, 0.25) is 0 Å². The number of carboxylic acids is 1. The molecule has 2 atom stereocenters. The van der Waals surface area contributed by atoms with Crippen molar-refractivity contribution in [3.05, 3.63) is 5.01 Å². The SMILES string of the molecule is Cc1nnc(SC2CCCC(NC3CC3)(C(=O)O)C2)s1. The summed E-state index contributed by atoms with van der Waals surface area (Å²) >= 11 is 3.28. The van der Waals surface area contributed by atoms with Gasteiger partial charge in [-0.3, -0.25) is 10.1 Å². The molecule has 7 heteroatoms. The maximum Gasteiger partial charge on any atom is 0.323 e. The van der Waals surface area contributed by atoms with Crippen molar-refractivity contribution in [3.63, 3.8) is 0 Å². The molecule has 5 nitrogen and oxygen atoms in total. The molecule has 2 aliphatic rings. The van der Waals surface area contributed by atoms with Crippen molar-refractivity contribution in [2.45, 2.75) is 66.6 Å². The second kappa shape index (κ2) is 5.61. The Morgan fingerprint density at radius 1 is 1.45 bits per heavy atom. The number of nitrogens with zero attached hydrogens (tertiary/aromatic N) is 2. The molecule has 2 unspecified atom stereocenters. The molecule has 20 heavy (non-hydrogen) atoms. The fraction of sp³-hybridized carbons (Fsp3) is 0.769.